The smallest absolute Gasteiger partial charge is 0.177 e. The molecule has 0 aliphatic heterocycles. The third-order valence-corrected chi connectivity index (χ3v) is 5.58. The first-order valence-corrected chi connectivity index (χ1v) is 10.9. The van der Waals surface area contributed by atoms with Crippen molar-refractivity contribution in [2.75, 3.05) is 33.8 Å². The molecule has 0 fully saturated rings. The van der Waals surface area contributed by atoms with E-state index in [9.17, 15) is 4.79 Å². The van der Waals surface area contributed by atoms with Crippen LogP contribution in [-0.2, 0) is 9.53 Å². The molecule has 29 heavy (non-hydrogen) atoms. The van der Waals surface area contributed by atoms with E-state index in [1.54, 1.807) is 0 Å². The van der Waals surface area contributed by atoms with Crippen LogP contribution in [0.15, 0.2) is 35.2 Å². The molecule has 0 aliphatic carbocycles. The molecule has 0 aromatic heterocycles. The Balaban J connectivity index is 4.75. The van der Waals surface area contributed by atoms with Crippen molar-refractivity contribution in [2.24, 2.45) is 5.41 Å². The number of hydrogen-bond acceptors (Lipinski definition) is 4. The summed E-state index contributed by atoms with van der Waals surface area (Å²) in [6.07, 6.45) is 5.53. The Morgan fingerprint density at radius 1 is 1.10 bits per heavy atom. The molecule has 0 aromatic rings. The van der Waals surface area contributed by atoms with Gasteiger partial charge in [0.05, 0.1) is 12.6 Å². The quantitative estimate of drug-likeness (QED) is 0.219. The molecule has 0 saturated heterocycles. The lowest BCUT2D eigenvalue weighted by Gasteiger charge is -2.28. The summed E-state index contributed by atoms with van der Waals surface area (Å²) in [6, 6.07) is 0. The van der Waals surface area contributed by atoms with Crippen LogP contribution in [0, 0.1) is 5.41 Å². The lowest BCUT2D eigenvalue weighted by atomic mass is 9.86. The molecule has 0 heterocycles. The van der Waals surface area contributed by atoms with Crippen LogP contribution in [0.3, 0.4) is 0 Å². The van der Waals surface area contributed by atoms with Crippen LogP contribution >= 0.6 is 0 Å². The standard InChI is InChI=1S/C25H46N2O2/c1-12-14-21(4)29-16-13-15-26(10)22(5)23(6)27(11)18-24(28)19(2)17-20(3)25(7,8)9/h17,21H,3,12-16,18H2,1-2,4-11H3/b19-17+,23-22-. The van der Waals surface area contributed by atoms with Crippen LogP contribution in [0.5, 0.6) is 0 Å². The number of ether oxygens (including phenoxy) is 1. The van der Waals surface area contributed by atoms with Gasteiger partial charge in [-0.15, -0.1) is 0 Å². The Morgan fingerprint density at radius 2 is 1.66 bits per heavy atom. The molecule has 0 amide bonds. The monoisotopic (exact) mass is 406 g/mol. The SMILES string of the molecule is C=C(/C=C(\C)C(=O)CN(C)/C(C)=C(/C)N(C)CCCOC(C)CCC)C(C)(C)C. The van der Waals surface area contributed by atoms with E-state index in [0.29, 0.717) is 12.6 Å². The average Bonchev–Trinajstić information content (AvgIpc) is 2.62. The molecule has 0 aliphatic rings. The summed E-state index contributed by atoms with van der Waals surface area (Å²) in [4.78, 5) is 16.9. The van der Waals surface area contributed by atoms with E-state index in [1.165, 1.54) is 5.70 Å². The van der Waals surface area contributed by atoms with E-state index >= 15 is 0 Å². The summed E-state index contributed by atoms with van der Waals surface area (Å²) in [7, 11) is 4.08. The zero-order chi connectivity index (χ0) is 22.8. The summed E-state index contributed by atoms with van der Waals surface area (Å²) in [5, 5.41) is 0. The highest BCUT2D eigenvalue weighted by Crippen LogP contribution is 2.25. The fourth-order valence-electron chi connectivity index (χ4n) is 2.81. The number of carbonyl (C=O) groups is 1. The number of hydrogen-bond donors (Lipinski definition) is 0. The molecule has 4 nitrogen and oxygen atoms in total. The molecular weight excluding hydrogens is 360 g/mol. The van der Waals surface area contributed by atoms with Gasteiger partial charge in [0.1, 0.15) is 0 Å². The van der Waals surface area contributed by atoms with Gasteiger partial charge >= 0.3 is 0 Å². The molecule has 0 radical (unpaired) electrons. The average molecular weight is 407 g/mol. The molecule has 0 spiro atoms. The highest BCUT2D eigenvalue weighted by Gasteiger charge is 2.16. The Labute approximate surface area is 180 Å². The first-order valence-electron chi connectivity index (χ1n) is 10.9. The van der Waals surface area contributed by atoms with Gasteiger partial charge in [0.25, 0.3) is 0 Å². The van der Waals surface area contributed by atoms with Crippen molar-refractivity contribution in [1.29, 1.82) is 0 Å². The molecule has 4 heteroatoms. The second-order valence-electron chi connectivity index (χ2n) is 9.30. The van der Waals surface area contributed by atoms with Crippen molar-refractivity contribution in [3.63, 3.8) is 0 Å². The zero-order valence-corrected chi connectivity index (χ0v) is 20.8. The third-order valence-electron chi connectivity index (χ3n) is 5.58. The topological polar surface area (TPSA) is 32.8 Å². The zero-order valence-electron chi connectivity index (χ0n) is 20.8. The van der Waals surface area contributed by atoms with E-state index in [4.69, 9.17) is 4.74 Å². The predicted octanol–water partition coefficient (Wildman–Crippen LogP) is 5.81. The molecule has 0 aromatic carbocycles. The van der Waals surface area contributed by atoms with Crippen LogP contribution in [0.1, 0.15) is 74.7 Å². The minimum atomic E-state index is -0.0272. The molecule has 0 saturated carbocycles. The van der Waals surface area contributed by atoms with Gasteiger partial charge in [-0.05, 0) is 57.1 Å². The van der Waals surface area contributed by atoms with Gasteiger partial charge in [-0.3, -0.25) is 4.79 Å². The number of likely N-dealkylation sites (N-methyl/N-ethyl adjacent to an activating group) is 1. The van der Waals surface area contributed by atoms with E-state index in [-0.39, 0.29) is 11.2 Å². The maximum atomic E-state index is 12.6. The van der Waals surface area contributed by atoms with Crippen LogP contribution in [0.25, 0.3) is 0 Å². The molecule has 0 N–H and O–H groups in total. The van der Waals surface area contributed by atoms with Crippen LogP contribution in [0.2, 0.25) is 0 Å². The molecular formula is C25H46N2O2. The largest absolute Gasteiger partial charge is 0.378 e. The number of nitrogens with zero attached hydrogens (tertiary/aromatic N) is 2. The van der Waals surface area contributed by atoms with Gasteiger partial charge in [-0.25, -0.2) is 0 Å². The van der Waals surface area contributed by atoms with Crippen molar-refractivity contribution < 1.29 is 9.53 Å². The highest BCUT2D eigenvalue weighted by atomic mass is 16.5. The van der Waals surface area contributed by atoms with Crippen molar-refractivity contribution in [3.8, 4) is 0 Å². The van der Waals surface area contributed by atoms with E-state index in [1.807, 2.05) is 24.9 Å². The van der Waals surface area contributed by atoms with Gasteiger partial charge in [0.15, 0.2) is 5.78 Å². The summed E-state index contributed by atoms with van der Waals surface area (Å²) in [6.45, 7) is 22.9. The highest BCUT2D eigenvalue weighted by molar-refractivity contribution is 5.96. The minimum absolute atomic E-state index is 0.0272. The van der Waals surface area contributed by atoms with E-state index in [2.05, 4.69) is 67.0 Å². The van der Waals surface area contributed by atoms with E-state index in [0.717, 1.165) is 49.3 Å². The lowest BCUT2D eigenvalue weighted by molar-refractivity contribution is -0.116. The number of Topliss-reactive ketones (excluding diaryl/α,β-unsaturated/α-hetero) is 1. The third kappa shape index (κ3) is 10.7. The van der Waals surface area contributed by atoms with Gasteiger partial charge in [0.2, 0.25) is 0 Å². The number of carbonyl (C=O) groups excluding carboxylic acids is 1. The minimum Gasteiger partial charge on any atom is -0.378 e. The Bertz CT molecular complexity index is 596. The first-order chi connectivity index (χ1) is 13.3. The Hall–Kier alpha value is -1.55. The summed E-state index contributed by atoms with van der Waals surface area (Å²) < 4.78 is 5.84. The number of allylic oxidation sites excluding steroid dienone is 4. The maximum absolute atomic E-state index is 12.6. The Morgan fingerprint density at radius 3 is 2.17 bits per heavy atom. The maximum Gasteiger partial charge on any atom is 0.177 e. The second kappa shape index (κ2) is 12.9. The summed E-state index contributed by atoms with van der Waals surface area (Å²) in [5.41, 5.74) is 4.01. The van der Waals surface area contributed by atoms with Gasteiger partial charge in [-0.2, -0.15) is 0 Å². The van der Waals surface area contributed by atoms with Gasteiger partial charge in [0, 0.05) is 38.6 Å². The van der Waals surface area contributed by atoms with Crippen molar-refractivity contribution in [3.05, 3.63) is 35.2 Å². The molecule has 0 rings (SSSR count). The fourth-order valence-corrected chi connectivity index (χ4v) is 2.81. The predicted molar refractivity (Wildman–Crippen MR) is 126 cm³/mol. The summed E-state index contributed by atoms with van der Waals surface area (Å²) >= 11 is 0. The van der Waals surface area contributed by atoms with Crippen LogP contribution < -0.4 is 0 Å². The van der Waals surface area contributed by atoms with Crippen LogP contribution in [-0.4, -0.2) is 55.5 Å². The summed E-state index contributed by atoms with van der Waals surface area (Å²) in [5.74, 6) is 0.131. The number of ketones is 1. The lowest BCUT2D eigenvalue weighted by Crippen LogP contribution is -2.29. The normalized spacial score (nSPS) is 14.3. The first kappa shape index (κ1) is 27.5. The fraction of sp³-hybridized carbons (Fsp3) is 0.720. The number of rotatable bonds is 13. The Kier molecular flexibility index (Phi) is 12.2. The van der Waals surface area contributed by atoms with Crippen molar-refractivity contribution in [1.82, 2.24) is 9.80 Å². The van der Waals surface area contributed by atoms with Gasteiger partial charge < -0.3 is 14.5 Å². The van der Waals surface area contributed by atoms with E-state index < -0.39 is 0 Å². The van der Waals surface area contributed by atoms with Crippen LogP contribution in [0.4, 0.5) is 0 Å². The molecule has 1 atom stereocenters. The van der Waals surface area contributed by atoms with Gasteiger partial charge in [-0.1, -0.05) is 46.8 Å². The van der Waals surface area contributed by atoms with Crippen molar-refractivity contribution >= 4 is 5.78 Å². The van der Waals surface area contributed by atoms with Crippen molar-refractivity contribution in [2.45, 2.75) is 80.8 Å². The molecule has 168 valence electrons. The molecule has 1 unspecified atom stereocenters. The molecule has 0 bridgehead atoms. The second-order valence-corrected chi connectivity index (χ2v) is 9.30.